The van der Waals surface area contributed by atoms with Gasteiger partial charge in [0.25, 0.3) is 5.91 Å². The number of carbonyl (C=O) groups is 1. The van der Waals surface area contributed by atoms with E-state index in [4.69, 9.17) is 11.6 Å². The Morgan fingerprint density at radius 1 is 1.64 bits per heavy atom. The van der Waals surface area contributed by atoms with Gasteiger partial charge in [0.2, 0.25) is 0 Å². The number of aryl methyl sites for hydroxylation is 1. The molecule has 0 aliphatic carbocycles. The van der Waals surface area contributed by atoms with Crippen LogP contribution in [-0.4, -0.2) is 42.8 Å². The number of hydrogen-bond donors (Lipinski definition) is 1. The predicted octanol–water partition coefficient (Wildman–Crippen LogP) is 2.22. The first-order valence-corrected chi connectivity index (χ1v) is 7.37. The molecule has 0 fully saturated rings. The average molecular weight is 392 g/mol. The van der Waals surface area contributed by atoms with Crippen LogP contribution >= 0.6 is 27.5 Å². The zero-order valence-electron chi connectivity index (χ0n) is 11.7. The number of aromatic amines is 1. The van der Waals surface area contributed by atoms with E-state index in [9.17, 15) is 14.9 Å². The van der Waals surface area contributed by atoms with Gasteiger partial charge in [0.1, 0.15) is 4.47 Å². The van der Waals surface area contributed by atoms with Gasteiger partial charge in [-0.25, -0.2) is 0 Å². The molecule has 2 heterocycles. The lowest BCUT2D eigenvalue weighted by atomic mass is 10.3. The van der Waals surface area contributed by atoms with Gasteiger partial charge in [-0.1, -0.05) is 16.7 Å². The number of aromatic nitrogens is 4. The number of nitrogens with zero attached hydrogens (tertiary/aromatic N) is 5. The molecule has 22 heavy (non-hydrogen) atoms. The molecule has 0 aliphatic rings. The van der Waals surface area contributed by atoms with Gasteiger partial charge in [0.15, 0.2) is 5.69 Å². The SMILES string of the molecule is CCn1ncc(Cl)c1CN(C)C(=O)c1n[nH]c([N+](=O)[O-])c1Br. The maximum absolute atomic E-state index is 12.4. The molecule has 0 radical (unpaired) electrons. The van der Waals surface area contributed by atoms with Gasteiger partial charge in [-0.05, 0) is 27.8 Å². The van der Waals surface area contributed by atoms with Crippen LogP contribution in [0.4, 0.5) is 5.82 Å². The number of nitro groups is 1. The molecule has 0 aliphatic heterocycles. The van der Waals surface area contributed by atoms with Crippen LogP contribution in [0.5, 0.6) is 0 Å². The first-order chi connectivity index (χ1) is 10.4. The third-order valence-corrected chi connectivity index (χ3v) is 4.07. The Balaban J connectivity index is 2.23. The summed E-state index contributed by atoms with van der Waals surface area (Å²) >= 11 is 9.07. The van der Waals surface area contributed by atoms with Gasteiger partial charge in [-0.15, -0.1) is 5.10 Å². The topological polar surface area (TPSA) is 110 Å². The van der Waals surface area contributed by atoms with E-state index < -0.39 is 10.8 Å². The quantitative estimate of drug-likeness (QED) is 0.621. The number of halogens is 2. The van der Waals surface area contributed by atoms with Crippen molar-refractivity contribution in [2.75, 3.05) is 7.05 Å². The van der Waals surface area contributed by atoms with E-state index in [0.29, 0.717) is 17.3 Å². The molecule has 0 bridgehead atoms. The standard InChI is InChI=1S/C11H12BrClN6O3/c1-3-18-7(6(13)4-14-18)5-17(2)11(20)9-8(12)10(16-15-9)19(21)22/h4H,3,5H2,1-2H3,(H,15,16). The fourth-order valence-corrected chi connectivity index (χ4v) is 2.57. The number of hydrogen-bond acceptors (Lipinski definition) is 5. The summed E-state index contributed by atoms with van der Waals surface area (Å²) in [5.74, 6) is -0.843. The second kappa shape index (κ2) is 6.44. The maximum atomic E-state index is 12.4. The van der Waals surface area contributed by atoms with Crippen molar-refractivity contribution in [3.05, 3.63) is 37.2 Å². The average Bonchev–Trinajstić information content (AvgIpc) is 3.02. The van der Waals surface area contributed by atoms with Gasteiger partial charge in [-0.2, -0.15) is 5.10 Å². The van der Waals surface area contributed by atoms with Crippen molar-refractivity contribution in [1.29, 1.82) is 0 Å². The second-order valence-corrected chi connectivity index (χ2v) is 5.61. The van der Waals surface area contributed by atoms with Gasteiger partial charge >= 0.3 is 5.82 Å². The largest absolute Gasteiger partial charge is 0.358 e. The number of nitrogens with one attached hydrogen (secondary N) is 1. The molecule has 2 rings (SSSR count). The maximum Gasteiger partial charge on any atom is 0.357 e. The Bertz CT molecular complexity index is 727. The highest BCUT2D eigenvalue weighted by Gasteiger charge is 2.27. The molecule has 2 aromatic heterocycles. The van der Waals surface area contributed by atoms with Crippen LogP contribution in [0.25, 0.3) is 0 Å². The van der Waals surface area contributed by atoms with Crippen molar-refractivity contribution < 1.29 is 9.72 Å². The van der Waals surface area contributed by atoms with E-state index in [1.807, 2.05) is 6.92 Å². The summed E-state index contributed by atoms with van der Waals surface area (Å²) in [4.78, 5) is 23.8. The fraction of sp³-hybridized carbons (Fsp3) is 0.364. The van der Waals surface area contributed by atoms with Crippen molar-refractivity contribution >= 4 is 39.3 Å². The van der Waals surface area contributed by atoms with Crippen molar-refractivity contribution in [1.82, 2.24) is 24.9 Å². The molecule has 0 spiro atoms. The number of amides is 1. The monoisotopic (exact) mass is 390 g/mol. The summed E-state index contributed by atoms with van der Waals surface area (Å²) in [7, 11) is 1.55. The van der Waals surface area contributed by atoms with Crippen LogP contribution in [0.15, 0.2) is 10.7 Å². The molecule has 2 aromatic rings. The van der Waals surface area contributed by atoms with Crippen LogP contribution < -0.4 is 0 Å². The van der Waals surface area contributed by atoms with Crippen molar-refractivity contribution in [3.8, 4) is 0 Å². The minimum atomic E-state index is -0.656. The van der Waals surface area contributed by atoms with Crippen molar-refractivity contribution in [2.45, 2.75) is 20.0 Å². The Morgan fingerprint density at radius 2 is 2.32 bits per heavy atom. The third-order valence-electron chi connectivity index (χ3n) is 3.01. The molecule has 9 nitrogen and oxygen atoms in total. The highest BCUT2D eigenvalue weighted by molar-refractivity contribution is 9.10. The predicted molar refractivity (Wildman–Crippen MR) is 81.7 cm³/mol. The molecule has 0 saturated carbocycles. The van der Waals surface area contributed by atoms with Gasteiger partial charge in [0.05, 0.1) is 23.5 Å². The first-order valence-electron chi connectivity index (χ1n) is 6.20. The molecule has 1 amide bonds. The Morgan fingerprint density at radius 3 is 2.86 bits per heavy atom. The number of rotatable bonds is 5. The molecule has 0 unspecified atom stereocenters. The van der Waals surface area contributed by atoms with E-state index in [0.717, 1.165) is 0 Å². The van der Waals surface area contributed by atoms with Gasteiger partial charge in [-0.3, -0.25) is 9.48 Å². The highest BCUT2D eigenvalue weighted by Crippen LogP contribution is 2.27. The van der Waals surface area contributed by atoms with E-state index in [2.05, 4.69) is 31.2 Å². The zero-order chi connectivity index (χ0) is 16.4. The minimum Gasteiger partial charge on any atom is -0.358 e. The molecular weight excluding hydrogens is 380 g/mol. The molecular formula is C11H12BrClN6O3. The normalized spacial score (nSPS) is 10.7. The second-order valence-electron chi connectivity index (χ2n) is 4.41. The Kier molecular flexibility index (Phi) is 4.81. The van der Waals surface area contributed by atoms with Crippen LogP contribution in [0.1, 0.15) is 23.1 Å². The Hall–Kier alpha value is -1.94. The summed E-state index contributed by atoms with van der Waals surface area (Å²) in [5.41, 5.74) is 0.620. The molecule has 118 valence electrons. The number of carbonyl (C=O) groups excluding carboxylic acids is 1. The van der Waals surface area contributed by atoms with Crippen molar-refractivity contribution in [2.24, 2.45) is 0 Å². The molecule has 0 atom stereocenters. The summed E-state index contributed by atoms with van der Waals surface area (Å²) in [6.45, 7) is 2.72. The van der Waals surface area contributed by atoms with E-state index >= 15 is 0 Å². The highest BCUT2D eigenvalue weighted by atomic mass is 79.9. The molecule has 11 heteroatoms. The lowest BCUT2D eigenvalue weighted by Gasteiger charge is -2.16. The molecule has 1 N–H and O–H groups in total. The third kappa shape index (κ3) is 2.97. The summed E-state index contributed by atoms with van der Waals surface area (Å²) in [6.07, 6.45) is 1.51. The summed E-state index contributed by atoms with van der Waals surface area (Å²) < 4.78 is 1.69. The number of H-pyrrole nitrogens is 1. The summed E-state index contributed by atoms with van der Waals surface area (Å²) in [5, 5.41) is 21.2. The lowest BCUT2D eigenvalue weighted by Crippen LogP contribution is -2.28. The van der Waals surface area contributed by atoms with Gasteiger partial charge < -0.3 is 15.0 Å². The smallest absolute Gasteiger partial charge is 0.357 e. The zero-order valence-corrected chi connectivity index (χ0v) is 14.1. The van der Waals surface area contributed by atoms with Crippen molar-refractivity contribution in [3.63, 3.8) is 0 Å². The lowest BCUT2D eigenvalue weighted by molar-refractivity contribution is -0.390. The summed E-state index contributed by atoms with van der Waals surface area (Å²) in [6, 6.07) is 0. The molecule has 0 saturated heterocycles. The molecule has 0 aromatic carbocycles. The van der Waals surface area contributed by atoms with Crippen LogP contribution in [0.3, 0.4) is 0 Å². The van der Waals surface area contributed by atoms with Crippen LogP contribution in [0, 0.1) is 10.1 Å². The van der Waals surface area contributed by atoms with Crippen LogP contribution in [-0.2, 0) is 13.1 Å². The van der Waals surface area contributed by atoms with Gasteiger partial charge in [0, 0.05) is 13.6 Å². The van der Waals surface area contributed by atoms with E-state index in [1.165, 1.54) is 11.1 Å². The Labute approximate surface area is 138 Å². The minimum absolute atomic E-state index is 0.0180. The van der Waals surface area contributed by atoms with E-state index in [1.54, 1.807) is 11.7 Å². The fourth-order valence-electron chi connectivity index (χ4n) is 1.88. The first kappa shape index (κ1) is 16.4. The van der Waals surface area contributed by atoms with Crippen LogP contribution in [0.2, 0.25) is 5.02 Å². The van der Waals surface area contributed by atoms with E-state index in [-0.39, 0.29) is 22.5 Å².